The minimum Gasteiger partial charge on any atom is -0.488 e. The lowest BCUT2D eigenvalue weighted by atomic mass is 10.0. The molecule has 2 amide bonds. The molecule has 3 aromatic carbocycles. The van der Waals surface area contributed by atoms with Crippen molar-refractivity contribution in [1.29, 1.82) is 0 Å². The highest BCUT2D eigenvalue weighted by molar-refractivity contribution is 6.42. The summed E-state index contributed by atoms with van der Waals surface area (Å²) >= 11 is 11.9. The zero-order chi connectivity index (χ0) is 25.4. The van der Waals surface area contributed by atoms with Gasteiger partial charge in [-0.3, -0.25) is 9.59 Å². The van der Waals surface area contributed by atoms with E-state index in [2.05, 4.69) is 15.8 Å². The van der Waals surface area contributed by atoms with Gasteiger partial charge in [-0.1, -0.05) is 79.0 Å². The maximum atomic E-state index is 12.8. The van der Waals surface area contributed by atoms with Gasteiger partial charge in [0, 0.05) is 11.1 Å². The molecule has 2 N–H and O–H groups in total. The molecule has 35 heavy (non-hydrogen) atoms. The first-order chi connectivity index (χ1) is 16.7. The van der Waals surface area contributed by atoms with Gasteiger partial charge >= 0.3 is 0 Å². The number of aryl methyl sites for hydroxylation is 1. The fraction of sp³-hybridized carbons (Fsp3) is 0.222. The van der Waals surface area contributed by atoms with E-state index in [1.807, 2.05) is 69.3 Å². The zero-order valence-corrected chi connectivity index (χ0v) is 21.2. The number of nitrogens with one attached hydrogen (secondary N) is 2. The molecule has 0 saturated heterocycles. The predicted molar refractivity (Wildman–Crippen MR) is 140 cm³/mol. The summed E-state index contributed by atoms with van der Waals surface area (Å²) in [6.07, 6.45) is 1.51. The summed E-state index contributed by atoms with van der Waals surface area (Å²) in [4.78, 5) is 25.4. The van der Waals surface area contributed by atoms with Crippen LogP contribution in [0.3, 0.4) is 0 Å². The number of carbonyl (C=O) groups excluding carboxylic acids is 2. The van der Waals surface area contributed by atoms with Gasteiger partial charge in [0.05, 0.1) is 16.3 Å². The molecule has 1 unspecified atom stereocenters. The average Bonchev–Trinajstić information content (AvgIpc) is 2.84. The molecule has 0 spiro atoms. The summed E-state index contributed by atoms with van der Waals surface area (Å²) < 4.78 is 5.94. The van der Waals surface area contributed by atoms with E-state index in [1.165, 1.54) is 23.9 Å². The Morgan fingerprint density at radius 1 is 1.00 bits per heavy atom. The Bertz CT molecular complexity index is 1210. The van der Waals surface area contributed by atoms with Gasteiger partial charge in [-0.05, 0) is 48.7 Å². The predicted octanol–water partition coefficient (Wildman–Crippen LogP) is 5.79. The number of carbonyl (C=O) groups is 2. The molecule has 3 aromatic rings. The second-order valence-corrected chi connectivity index (χ2v) is 9.18. The van der Waals surface area contributed by atoms with Crippen molar-refractivity contribution in [2.75, 3.05) is 0 Å². The van der Waals surface area contributed by atoms with Gasteiger partial charge < -0.3 is 10.1 Å². The Morgan fingerprint density at radius 3 is 2.40 bits per heavy atom. The van der Waals surface area contributed by atoms with Crippen LogP contribution in [-0.4, -0.2) is 24.1 Å². The molecule has 0 heterocycles. The lowest BCUT2D eigenvalue weighted by Crippen LogP contribution is -2.48. The highest BCUT2D eigenvalue weighted by Crippen LogP contribution is 2.23. The molecule has 0 aromatic heterocycles. The van der Waals surface area contributed by atoms with Crippen molar-refractivity contribution in [2.45, 2.75) is 33.4 Å². The molecule has 0 radical (unpaired) electrons. The monoisotopic (exact) mass is 511 g/mol. The van der Waals surface area contributed by atoms with E-state index in [1.54, 1.807) is 6.07 Å². The highest BCUT2D eigenvalue weighted by Gasteiger charge is 2.24. The summed E-state index contributed by atoms with van der Waals surface area (Å²) in [5, 5.41) is 7.42. The van der Waals surface area contributed by atoms with Crippen LogP contribution < -0.4 is 15.5 Å². The Hall–Kier alpha value is -3.35. The van der Waals surface area contributed by atoms with E-state index in [4.69, 9.17) is 27.9 Å². The molecule has 0 aliphatic heterocycles. The third kappa shape index (κ3) is 7.57. The van der Waals surface area contributed by atoms with Crippen LogP contribution >= 0.6 is 23.2 Å². The van der Waals surface area contributed by atoms with Crippen LogP contribution in [-0.2, 0) is 11.4 Å². The first-order valence-electron chi connectivity index (χ1n) is 11.1. The Kier molecular flexibility index (Phi) is 9.29. The van der Waals surface area contributed by atoms with Crippen LogP contribution in [0, 0.1) is 12.8 Å². The van der Waals surface area contributed by atoms with Gasteiger partial charge in [0.1, 0.15) is 18.4 Å². The van der Waals surface area contributed by atoms with Crippen LogP contribution in [0.4, 0.5) is 0 Å². The number of ether oxygens (including phenoxy) is 1. The molecule has 182 valence electrons. The lowest BCUT2D eigenvalue weighted by Gasteiger charge is -2.20. The van der Waals surface area contributed by atoms with Crippen LogP contribution in [0.5, 0.6) is 5.75 Å². The first-order valence-corrected chi connectivity index (χ1v) is 11.9. The molecule has 0 bridgehead atoms. The van der Waals surface area contributed by atoms with Crippen LogP contribution in [0.1, 0.15) is 40.9 Å². The minimum atomic E-state index is -0.804. The Labute approximate surface area is 215 Å². The van der Waals surface area contributed by atoms with Crippen molar-refractivity contribution in [3.63, 3.8) is 0 Å². The molecule has 1 atom stereocenters. The largest absolute Gasteiger partial charge is 0.488 e. The van der Waals surface area contributed by atoms with Crippen molar-refractivity contribution in [1.82, 2.24) is 10.7 Å². The number of hydrogen-bond acceptors (Lipinski definition) is 4. The van der Waals surface area contributed by atoms with Gasteiger partial charge in [0.2, 0.25) is 0 Å². The number of para-hydroxylation sites is 1. The Morgan fingerprint density at radius 2 is 1.71 bits per heavy atom. The minimum absolute atomic E-state index is 0.179. The van der Waals surface area contributed by atoms with Gasteiger partial charge in [-0.25, -0.2) is 5.43 Å². The lowest BCUT2D eigenvalue weighted by molar-refractivity contribution is -0.123. The third-order valence-corrected chi connectivity index (χ3v) is 5.97. The van der Waals surface area contributed by atoms with Crippen molar-refractivity contribution < 1.29 is 14.3 Å². The van der Waals surface area contributed by atoms with Crippen molar-refractivity contribution in [3.05, 3.63) is 99.0 Å². The number of amides is 2. The normalized spacial score (nSPS) is 11.9. The summed E-state index contributed by atoms with van der Waals surface area (Å²) in [6.45, 7) is 6.11. The molecule has 0 fully saturated rings. The summed E-state index contributed by atoms with van der Waals surface area (Å²) in [7, 11) is 0. The standard InChI is InChI=1S/C27H27Cl2N3O3/c1-17(2)25(31-26(33)20-12-13-22(28)23(29)14-20)27(34)32-30-15-21-6-4-5-7-24(21)35-16-19-10-8-18(3)9-11-19/h4-15,17,25H,16H2,1-3H3,(H,31,33)(H,32,34)/b30-15+. The number of halogens is 2. The van der Waals surface area contributed by atoms with Gasteiger partial charge in [-0.2, -0.15) is 5.10 Å². The van der Waals surface area contributed by atoms with Crippen LogP contribution in [0.15, 0.2) is 71.8 Å². The maximum absolute atomic E-state index is 12.8. The molecular weight excluding hydrogens is 485 g/mol. The van der Waals surface area contributed by atoms with E-state index >= 15 is 0 Å². The second-order valence-electron chi connectivity index (χ2n) is 8.37. The third-order valence-electron chi connectivity index (χ3n) is 5.23. The fourth-order valence-electron chi connectivity index (χ4n) is 3.20. The number of nitrogens with zero attached hydrogens (tertiary/aromatic N) is 1. The van der Waals surface area contributed by atoms with E-state index < -0.39 is 17.9 Å². The zero-order valence-electron chi connectivity index (χ0n) is 19.7. The number of hydrogen-bond donors (Lipinski definition) is 2. The average molecular weight is 512 g/mol. The topological polar surface area (TPSA) is 79.8 Å². The van der Waals surface area contributed by atoms with Crippen LogP contribution in [0.2, 0.25) is 10.0 Å². The molecule has 0 aliphatic rings. The van der Waals surface area contributed by atoms with E-state index in [-0.39, 0.29) is 10.9 Å². The van der Waals surface area contributed by atoms with E-state index in [0.717, 1.165) is 5.56 Å². The van der Waals surface area contributed by atoms with Crippen molar-refractivity contribution in [3.8, 4) is 5.75 Å². The molecule has 6 nitrogen and oxygen atoms in total. The summed E-state index contributed by atoms with van der Waals surface area (Å²) in [5.74, 6) is -0.416. The smallest absolute Gasteiger partial charge is 0.262 e. The van der Waals surface area contributed by atoms with Crippen molar-refractivity contribution >= 4 is 41.2 Å². The summed E-state index contributed by atoms with van der Waals surface area (Å²) in [6, 6.07) is 19.2. The number of hydrazone groups is 1. The quantitative estimate of drug-likeness (QED) is 0.282. The molecular formula is C27H27Cl2N3O3. The number of benzene rings is 3. The maximum Gasteiger partial charge on any atom is 0.262 e. The Balaban J connectivity index is 1.63. The molecule has 8 heteroatoms. The van der Waals surface area contributed by atoms with Crippen molar-refractivity contribution in [2.24, 2.45) is 11.0 Å². The SMILES string of the molecule is Cc1ccc(COc2ccccc2/C=N/NC(=O)C(NC(=O)c2ccc(Cl)c(Cl)c2)C(C)C)cc1. The molecule has 0 saturated carbocycles. The van der Waals surface area contributed by atoms with Gasteiger partial charge in [0.25, 0.3) is 11.8 Å². The highest BCUT2D eigenvalue weighted by atomic mass is 35.5. The second kappa shape index (κ2) is 12.4. The van der Waals surface area contributed by atoms with Gasteiger partial charge in [-0.15, -0.1) is 0 Å². The van der Waals surface area contributed by atoms with Crippen LogP contribution in [0.25, 0.3) is 0 Å². The molecule has 3 rings (SSSR count). The number of rotatable bonds is 9. The van der Waals surface area contributed by atoms with Gasteiger partial charge in [0.15, 0.2) is 0 Å². The first kappa shape index (κ1) is 26.3. The van der Waals surface area contributed by atoms with E-state index in [9.17, 15) is 9.59 Å². The van der Waals surface area contributed by atoms with E-state index in [0.29, 0.717) is 28.5 Å². The molecule has 0 aliphatic carbocycles. The fourth-order valence-corrected chi connectivity index (χ4v) is 3.49. The summed E-state index contributed by atoms with van der Waals surface area (Å²) in [5.41, 5.74) is 5.76.